The van der Waals surface area contributed by atoms with E-state index in [1.54, 1.807) is 11.8 Å². The first-order valence-electron chi connectivity index (χ1n) is 12.1. The Hall–Kier alpha value is -3.50. The van der Waals surface area contributed by atoms with Gasteiger partial charge >= 0.3 is 6.18 Å². The molecule has 1 aliphatic heterocycles. The molecule has 1 saturated carbocycles. The van der Waals surface area contributed by atoms with E-state index in [9.17, 15) is 31.9 Å². The second-order valence-electron chi connectivity index (χ2n) is 9.92. The largest absolute Gasteiger partial charge is 0.417 e. The minimum absolute atomic E-state index is 0.0695. The molecular formula is C26H28F4N4O3. The summed E-state index contributed by atoms with van der Waals surface area (Å²) >= 11 is 0. The van der Waals surface area contributed by atoms with Crippen LogP contribution >= 0.6 is 0 Å². The van der Waals surface area contributed by atoms with Gasteiger partial charge in [0, 0.05) is 35.6 Å². The van der Waals surface area contributed by atoms with Crippen LogP contribution in [0.3, 0.4) is 0 Å². The first kappa shape index (κ1) is 26.6. The summed E-state index contributed by atoms with van der Waals surface area (Å²) in [5.41, 5.74) is -2.31. The van der Waals surface area contributed by atoms with Gasteiger partial charge in [0.15, 0.2) is 0 Å². The van der Waals surface area contributed by atoms with E-state index >= 15 is 0 Å². The van der Waals surface area contributed by atoms with Gasteiger partial charge in [-0.1, -0.05) is 6.07 Å². The van der Waals surface area contributed by atoms with Crippen molar-refractivity contribution in [1.29, 1.82) is 0 Å². The second-order valence-corrected chi connectivity index (χ2v) is 9.92. The zero-order chi connectivity index (χ0) is 27.1. The number of aromatic nitrogens is 1. The number of alkyl halides is 3. The minimum atomic E-state index is -4.66. The Morgan fingerprint density at radius 1 is 1.05 bits per heavy atom. The Morgan fingerprint density at radius 3 is 2.27 bits per heavy atom. The van der Waals surface area contributed by atoms with Gasteiger partial charge in [0.1, 0.15) is 11.4 Å². The van der Waals surface area contributed by atoms with E-state index in [1.807, 2.05) is 13.8 Å². The number of rotatable bonds is 6. The summed E-state index contributed by atoms with van der Waals surface area (Å²) in [6, 6.07) is 4.15. The van der Waals surface area contributed by atoms with E-state index < -0.39 is 41.0 Å². The lowest BCUT2D eigenvalue weighted by atomic mass is 10.0. The molecule has 1 aromatic heterocycles. The van der Waals surface area contributed by atoms with Gasteiger partial charge in [-0.3, -0.25) is 19.4 Å². The van der Waals surface area contributed by atoms with Crippen LogP contribution in [0.15, 0.2) is 36.7 Å². The topological polar surface area (TPSA) is 91.4 Å². The van der Waals surface area contributed by atoms with Gasteiger partial charge in [0.2, 0.25) is 5.91 Å². The van der Waals surface area contributed by atoms with Gasteiger partial charge in [-0.05, 0) is 64.7 Å². The van der Waals surface area contributed by atoms with E-state index in [4.69, 9.17) is 0 Å². The number of nitrogens with zero attached hydrogens (tertiary/aromatic N) is 2. The molecule has 2 aliphatic rings. The van der Waals surface area contributed by atoms with E-state index in [1.165, 1.54) is 12.1 Å². The molecule has 2 fully saturated rings. The predicted octanol–water partition coefficient (Wildman–Crippen LogP) is 4.39. The number of carbonyl (C=O) groups is 3. The molecule has 0 spiro atoms. The third kappa shape index (κ3) is 5.45. The minimum Gasteiger partial charge on any atom is -0.347 e. The van der Waals surface area contributed by atoms with Crippen molar-refractivity contribution in [2.24, 2.45) is 0 Å². The Bertz CT molecular complexity index is 1220. The van der Waals surface area contributed by atoms with E-state index in [0.29, 0.717) is 12.3 Å². The molecule has 2 heterocycles. The van der Waals surface area contributed by atoms with Crippen molar-refractivity contribution in [3.8, 4) is 0 Å². The molecule has 1 saturated heterocycles. The summed E-state index contributed by atoms with van der Waals surface area (Å²) in [6.45, 7) is 5.48. The van der Waals surface area contributed by atoms with Crippen LogP contribution in [0.25, 0.3) is 0 Å². The maximum atomic E-state index is 15.0. The highest BCUT2D eigenvalue weighted by Crippen LogP contribution is 2.37. The van der Waals surface area contributed by atoms with Crippen LogP contribution in [-0.4, -0.2) is 45.2 Å². The van der Waals surface area contributed by atoms with E-state index in [0.717, 1.165) is 25.1 Å². The third-order valence-corrected chi connectivity index (χ3v) is 7.11. The third-order valence-electron chi connectivity index (χ3n) is 7.11. The lowest BCUT2D eigenvalue weighted by Gasteiger charge is -2.27. The molecule has 0 bridgehead atoms. The Balaban J connectivity index is 1.42. The Labute approximate surface area is 211 Å². The van der Waals surface area contributed by atoms with Gasteiger partial charge in [0.05, 0.1) is 17.2 Å². The smallest absolute Gasteiger partial charge is 0.347 e. The first-order valence-corrected chi connectivity index (χ1v) is 12.1. The quantitative estimate of drug-likeness (QED) is 0.553. The maximum Gasteiger partial charge on any atom is 0.417 e. The van der Waals surface area contributed by atoms with Gasteiger partial charge in [-0.15, -0.1) is 0 Å². The standard InChI is InChI=1S/C26H28F4N4O3/c1-14-4-5-15(2)34(14)23(36)17-6-7-20(21(27)11-17)16(3)32-24(37)25(8-9-25)33-22(35)18-10-19(13-31-12-18)26(28,29)30/h6-7,10-16H,4-5,8-9H2,1-3H3,(H,32,37)(H,33,35)/t14?,15?,16-/m1/s1. The molecule has 198 valence electrons. The first-order chi connectivity index (χ1) is 17.3. The molecule has 4 rings (SSSR count). The van der Waals surface area contributed by atoms with Crippen LogP contribution in [0, 0.1) is 5.82 Å². The van der Waals surface area contributed by atoms with Crippen molar-refractivity contribution in [3.05, 3.63) is 64.7 Å². The van der Waals surface area contributed by atoms with Crippen LogP contribution in [0.4, 0.5) is 17.6 Å². The SMILES string of the molecule is CC1CCC(C)N1C(=O)c1ccc([C@@H](C)NC(=O)C2(NC(=O)c3cncc(C(F)(F)F)c3)CC2)c(F)c1. The number of benzene rings is 1. The fourth-order valence-corrected chi connectivity index (χ4v) is 4.71. The molecule has 37 heavy (non-hydrogen) atoms. The summed E-state index contributed by atoms with van der Waals surface area (Å²) in [5, 5.41) is 5.16. The lowest BCUT2D eigenvalue weighted by molar-refractivity contribution is -0.137. The molecule has 3 atom stereocenters. The van der Waals surface area contributed by atoms with Crippen molar-refractivity contribution in [2.45, 2.75) is 76.3 Å². The summed E-state index contributed by atoms with van der Waals surface area (Å²) in [6.07, 6.45) is -0.723. The van der Waals surface area contributed by atoms with Crippen LogP contribution < -0.4 is 10.6 Å². The number of likely N-dealkylation sites (tertiary alicyclic amines) is 1. The summed E-state index contributed by atoms with van der Waals surface area (Å²) in [5.74, 6) is -2.34. The number of hydrogen-bond donors (Lipinski definition) is 2. The van der Waals surface area contributed by atoms with Gasteiger partial charge in [0.25, 0.3) is 11.8 Å². The molecule has 1 aliphatic carbocycles. The van der Waals surface area contributed by atoms with Crippen molar-refractivity contribution in [3.63, 3.8) is 0 Å². The lowest BCUT2D eigenvalue weighted by Crippen LogP contribution is -2.49. The molecule has 11 heteroatoms. The second kappa shape index (κ2) is 9.75. The molecular weight excluding hydrogens is 492 g/mol. The van der Waals surface area contributed by atoms with Crippen molar-refractivity contribution < 1.29 is 31.9 Å². The van der Waals surface area contributed by atoms with Crippen molar-refractivity contribution in [1.82, 2.24) is 20.5 Å². The molecule has 3 amide bonds. The van der Waals surface area contributed by atoms with Crippen LogP contribution in [0.5, 0.6) is 0 Å². The van der Waals surface area contributed by atoms with E-state index in [-0.39, 0.29) is 47.5 Å². The van der Waals surface area contributed by atoms with E-state index in [2.05, 4.69) is 15.6 Å². The fourth-order valence-electron chi connectivity index (χ4n) is 4.71. The zero-order valence-corrected chi connectivity index (χ0v) is 20.7. The monoisotopic (exact) mass is 520 g/mol. The predicted molar refractivity (Wildman–Crippen MR) is 126 cm³/mol. The van der Waals surface area contributed by atoms with Crippen LogP contribution in [0.1, 0.15) is 84.3 Å². The average Bonchev–Trinajstić information content (AvgIpc) is 3.55. The number of hydrogen-bond acceptors (Lipinski definition) is 4. The van der Waals surface area contributed by atoms with Gasteiger partial charge in [-0.2, -0.15) is 13.2 Å². The summed E-state index contributed by atoms with van der Waals surface area (Å²) in [4.78, 5) is 43.6. The maximum absolute atomic E-state index is 15.0. The molecule has 7 nitrogen and oxygen atoms in total. The number of halogens is 4. The average molecular weight is 521 g/mol. The van der Waals surface area contributed by atoms with Gasteiger partial charge < -0.3 is 15.5 Å². The fraction of sp³-hybridized carbons (Fsp3) is 0.462. The summed E-state index contributed by atoms with van der Waals surface area (Å²) in [7, 11) is 0. The number of amides is 3. The molecule has 2 N–H and O–H groups in total. The van der Waals surface area contributed by atoms with Crippen LogP contribution in [-0.2, 0) is 11.0 Å². The van der Waals surface area contributed by atoms with Gasteiger partial charge in [-0.25, -0.2) is 4.39 Å². The van der Waals surface area contributed by atoms with Crippen molar-refractivity contribution >= 4 is 17.7 Å². The number of pyridine rings is 1. The number of nitrogens with one attached hydrogen (secondary N) is 2. The Kier molecular flexibility index (Phi) is 7.00. The summed E-state index contributed by atoms with van der Waals surface area (Å²) < 4.78 is 53.8. The molecule has 0 radical (unpaired) electrons. The highest BCUT2D eigenvalue weighted by Gasteiger charge is 2.51. The number of carbonyl (C=O) groups excluding carboxylic acids is 3. The molecule has 1 aromatic carbocycles. The Morgan fingerprint density at radius 2 is 1.70 bits per heavy atom. The highest BCUT2D eigenvalue weighted by atomic mass is 19.4. The highest BCUT2D eigenvalue weighted by molar-refractivity contribution is 6.00. The van der Waals surface area contributed by atoms with Crippen LogP contribution in [0.2, 0.25) is 0 Å². The molecule has 2 aromatic rings. The van der Waals surface area contributed by atoms with Crippen molar-refractivity contribution in [2.75, 3.05) is 0 Å². The zero-order valence-electron chi connectivity index (χ0n) is 20.7. The normalized spacial score (nSPS) is 21.3. The molecule has 2 unspecified atom stereocenters.